The van der Waals surface area contributed by atoms with Crippen molar-refractivity contribution >= 4 is 11.9 Å². The first kappa shape index (κ1) is 18.0. The van der Waals surface area contributed by atoms with E-state index in [4.69, 9.17) is 9.84 Å². The van der Waals surface area contributed by atoms with Gasteiger partial charge in [0.1, 0.15) is 5.75 Å². The number of aliphatic carboxylic acids is 1. The number of rotatable bonds is 8. The van der Waals surface area contributed by atoms with Crippen molar-refractivity contribution in [2.24, 2.45) is 0 Å². The molecular weight excluding hydrogens is 282 g/mol. The van der Waals surface area contributed by atoms with E-state index < -0.39 is 11.5 Å². The molecule has 22 heavy (non-hydrogen) atoms. The van der Waals surface area contributed by atoms with E-state index in [1.165, 1.54) is 0 Å². The summed E-state index contributed by atoms with van der Waals surface area (Å²) in [4.78, 5) is 22.7. The number of ether oxygens (including phenoxy) is 1. The zero-order chi connectivity index (χ0) is 16.8. The van der Waals surface area contributed by atoms with E-state index in [2.05, 4.69) is 5.32 Å². The van der Waals surface area contributed by atoms with Crippen molar-refractivity contribution in [1.82, 2.24) is 5.32 Å². The molecule has 122 valence electrons. The first-order valence-corrected chi connectivity index (χ1v) is 7.46. The maximum Gasteiger partial charge on any atom is 0.303 e. The Bertz CT molecular complexity index is 523. The molecule has 1 amide bonds. The topological polar surface area (TPSA) is 75.6 Å². The summed E-state index contributed by atoms with van der Waals surface area (Å²) in [7, 11) is 0. The van der Waals surface area contributed by atoms with E-state index in [1.807, 2.05) is 52.0 Å². The van der Waals surface area contributed by atoms with Gasteiger partial charge < -0.3 is 15.2 Å². The van der Waals surface area contributed by atoms with Crippen LogP contribution in [0.2, 0.25) is 0 Å². The zero-order valence-corrected chi connectivity index (χ0v) is 13.7. The van der Waals surface area contributed by atoms with Gasteiger partial charge in [-0.05, 0) is 51.8 Å². The average Bonchev–Trinajstić information content (AvgIpc) is 2.35. The monoisotopic (exact) mass is 307 g/mol. The largest absolute Gasteiger partial charge is 0.491 e. The van der Waals surface area contributed by atoms with Crippen LogP contribution >= 0.6 is 0 Å². The summed E-state index contributed by atoms with van der Waals surface area (Å²) < 4.78 is 5.61. The van der Waals surface area contributed by atoms with E-state index in [0.717, 1.165) is 11.3 Å². The van der Waals surface area contributed by atoms with Crippen molar-refractivity contribution in [3.8, 4) is 5.75 Å². The van der Waals surface area contributed by atoms with E-state index >= 15 is 0 Å². The van der Waals surface area contributed by atoms with Gasteiger partial charge in [-0.2, -0.15) is 0 Å². The average molecular weight is 307 g/mol. The molecule has 0 saturated carbocycles. The van der Waals surface area contributed by atoms with Gasteiger partial charge in [-0.3, -0.25) is 9.59 Å². The van der Waals surface area contributed by atoms with Crippen LogP contribution in [-0.2, 0) is 16.0 Å². The van der Waals surface area contributed by atoms with E-state index in [1.54, 1.807) is 0 Å². The Hall–Kier alpha value is -2.04. The number of amides is 1. The van der Waals surface area contributed by atoms with Crippen LogP contribution in [0.4, 0.5) is 0 Å². The summed E-state index contributed by atoms with van der Waals surface area (Å²) in [6.07, 6.45) is 0.750. The van der Waals surface area contributed by atoms with E-state index in [0.29, 0.717) is 6.42 Å². The summed E-state index contributed by atoms with van der Waals surface area (Å²) >= 11 is 0. The quantitative estimate of drug-likeness (QED) is 0.774. The maximum absolute atomic E-state index is 12.1. The third-order valence-corrected chi connectivity index (χ3v) is 3.08. The third kappa shape index (κ3) is 7.11. The second kappa shape index (κ2) is 7.82. The van der Waals surface area contributed by atoms with Gasteiger partial charge in [0.15, 0.2) is 0 Å². The van der Waals surface area contributed by atoms with Crippen LogP contribution in [0.3, 0.4) is 0 Å². The summed E-state index contributed by atoms with van der Waals surface area (Å²) in [5.74, 6) is -0.247. The minimum atomic E-state index is -0.860. The predicted molar refractivity (Wildman–Crippen MR) is 85.0 cm³/mol. The van der Waals surface area contributed by atoms with Gasteiger partial charge in [-0.1, -0.05) is 12.1 Å². The molecule has 0 saturated heterocycles. The van der Waals surface area contributed by atoms with Crippen molar-refractivity contribution in [1.29, 1.82) is 0 Å². The predicted octanol–water partition coefficient (Wildman–Crippen LogP) is 2.78. The lowest BCUT2D eigenvalue weighted by Gasteiger charge is -2.25. The fourth-order valence-electron chi connectivity index (χ4n) is 2.09. The molecule has 0 spiro atoms. The molecule has 0 unspecified atom stereocenters. The number of hydrogen-bond donors (Lipinski definition) is 2. The Morgan fingerprint density at radius 2 is 2.00 bits per heavy atom. The molecule has 5 heteroatoms. The smallest absolute Gasteiger partial charge is 0.303 e. The van der Waals surface area contributed by atoms with Crippen molar-refractivity contribution in [3.05, 3.63) is 29.8 Å². The lowest BCUT2D eigenvalue weighted by Crippen LogP contribution is -2.44. The van der Waals surface area contributed by atoms with Crippen LogP contribution in [-0.4, -0.2) is 28.6 Å². The lowest BCUT2D eigenvalue weighted by atomic mass is 9.98. The van der Waals surface area contributed by atoms with Gasteiger partial charge in [0.25, 0.3) is 0 Å². The van der Waals surface area contributed by atoms with E-state index in [-0.39, 0.29) is 24.9 Å². The van der Waals surface area contributed by atoms with Gasteiger partial charge in [-0.15, -0.1) is 0 Å². The summed E-state index contributed by atoms with van der Waals surface area (Å²) in [5.41, 5.74) is 0.325. The standard InChI is InChI=1S/C17H25NO4/c1-12(2)22-14-7-5-6-13(10-14)11-15(19)18-17(3,4)9-8-16(20)21/h5-7,10,12H,8-9,11H2,1-4H3,(H,18,19)(H,20,21). The summed E-state index contributed by atoms with van der Waals surface area (Å²) in [5, 5.41) is 11.6. The molecule has 5 nitrogen and oxygen atoms in total. The Kier molecular flexibility index (Phi) is 6.40. The molecule has 0 aliphatic carbocycles. The van der Waals surface area contributed by atoms with Gasteiger partial charge >= 0.3 is 5.97 Å². The van der Waals surface area contributed by atoms with Crippen LogP contribution in [0.15, 0.2) is 24.3 Å². The van der Waals surface area contributed by atoms with Crippen LogP contribution in [0.25, 0.3) is 0 Å². The molecule has 0 aliphatic rings. The molecule has 1 rings (SSSR count). The number of benzene rings is 1. The van der Waals surface area contributed by atoms with Gasteiger partial charge in [0, 0.05) is 12.0 Å². The molecule has 0 aliphatic heterocycles. The number of carboxylic acids is 1. The fraction of sp³-hybridized carbons (Fsp3) is 0.529. The molecule has 0 aromatic heterocycles. The summed E-state index contributed by atoms with van der Waals surface area (Å²) in [6.45, 7) is 7.55. The minimum Gasteiger partial charge on any atom is -0.491 e. The maximum atomic E-state index is 12.1. The molecular formula is C17H25NO4. The normalized spacial score (nSPS) is 11.3. The molecule has 0 radical (unpaired) electrons. The number of nitrogens with one attached hydrogen (secondary N) is 1. The Labute approximate surface area is 131 Å². The summed E-state index contributed by atoms with van der Waals surface area (Å²) in [6, 6.07) is 7.44. The van der Waals surface area contributed by atoms with Gasteiger partial charge in [-0.25, -0.2) is 0 Å². The molecule has 1 aromatic carbocycles. The van der Waals surface area contributed by atoms with Crippen molar-refractivity contribution < 1.29 is 19.4 Å². The Morgan fingerprint density at radius 1 is 1.32 bits per heavy atom. The van der Waals surface area contributed by atoms with Crippen LogP contribution in [0.1, 0.15) is 46.1 Å². The SMILES string of the molecule is CC(C)Oc1cccc(CC(=O)NC(C)(C)CCC(=O)O)c1. The molecule has 0 bridgehead atoms. The Morgan fingerprint density at radius 3 is 2.59 bits per heavy atom. The fourth-order valence-corrected chi connectivity index (χ4v) is 2.09. The Balaban J connectivity index is 2.59. The lowest BCUT2D eigenvalue weighted by molar-refractivity contribution is -0.137. The highest BCUT2D eigenvalue weighted by Gasteiger charge is 2.21. The van der Waals surface area contributed by atoms with E-state index in [9.17, 15) is 9.59 Å². The third-order valence-electron chi connectivity index (χ3n) is 3.08. The highest BCUT2D eigenvalue weighted by Crippen LogP contribution is 2.16. The number of carboxylic acid groups (broad SMARTS) is 1. The van der Waals surface area contributed by atoms with Crippen LogP contribution < -0.4 is 10.1 Å². The zero-order valence-electron chi connectivity index (χ0n) is 13.7. The highest BCUT2D eigenvalue weighted by molar-refractivity contribution is 5.79. The van der Waals surface area contributed by atoms with Crippen molar-refractivity contribution in [2.75, 3.05) is 0 Å². The van der Waals surface area contributed by atoms with Crippen molar-refractivity contribution in [2.45, 2.75) is 58.6 Å². The minimum absolute atomic E-state index is 0.0327. The van der Waals surface area contributed by atoms with Crippen LogP contribution in [0, 0.1) is 0 Å². The molecule has 0 heterocycles. The molecule has 0 atom stereocenters. The molecule has 0 fully saturated rings. The van der Waals surface area contributed by atoms with Crippen molar-refractivity contribution in [3.63, 3.8) is 0 Å². The molecule has 2 N–H and O–H groups in total. The second-order valence-corrected chi connectivity index (χ2v) is 6.32. The number of carbonyl (C=O) groups is 2. The van der Waals surface area contributed by atoms with Gasteiger partial charge in [0.05, 0.1) is 12.5 Å². The molecule has 1 aromatic rings. The number of carbonyl (C=O) groups excluding carboxylic acids is 1. The highest BCUT2D eigenvalue weighted by atomic mass is 16.5. The number of hydrogen-bond acceptors (Lipinski definition) is 3. The van der Waals surface area contributed by atoms with Gasteiger partial charge in [0.2, 0.25) is 5.91 Å². The second-order valence-electron chi connectivity index (χ2n) is 6.32. The first-order valence-electron chi connectivity index (χ1n) is 7.46. The van der Waals surface area contributed by atoms with Crippen LogP contribution in [0.5, 0.6) is 5.75 Å². The first-order chi connectivity index (χ1) is 10.2.